The first-order valence-electron chi connectivity index (χ1n) is 14.0. The molecular formula is C32H37FO6. The third kappa shape index (κ3) is 8.26. The van der Waals surface area contributed by atoms with Crippen LogP contribution in [0.5, 0.6) is 11.5 Å². The Morgan fingerprint density at radius 3 is 1.51 bits per heavy atom. The molecule has 3 aromatic carbocycles. The molecule has 7 heteroatoms. The third-order valence-corrected chi connectivity index (χ3v) is 6.91. The highest BCUT2D eigenvalue weighted by molar-refractivity contribution is 5.71. The lowest BCUT2D eigenvalue weighted by atomic mass is 9.99. The normalized spacial score (nSPS) is 16.1. The molecule has 0 saturated carbocycles. The number of rotatable bonds is 14. The van der Waals surface area contributed by atoms with Crippen LogP contribution in [0, 0.1) is 5.82 Å². The molecule has 0 bridgehead atoms. The maximum atomic E-state index is 15.1. The standard InChI is InChI=1S/C32H37FO6/c33-30-23-26(24-7-12-27(13-8-24)34-17-3-1-5-31-36-19-20-37-31)11-16-29(30)25-9-14-28(15-10-25)35-18-4-2-6-32-38-21-22-39-32/h7-16,23,31-32H,1-6,17-22H2. The Bertz CT molecular complexity index is 1140. The molecule has 0 aliphatic carbocycles. The van der Waals surface area contributed by atoms with E-state index < -0.39 is 0 Å². The minimum Gasteiger partial charge on any atom is -0.494 e. The average molecular weight is 537 g/mol. The second-order valence-electron chi connectivity index (χ2n) is 9.77. The van der Waals surface area contributed by atoms with Crippen molar-refractivity contribution in [2.24, 2.45) is 0 Å². The Labute approximate surface area is 229 Å². The molecule has 2 aliphatic heterocycles. The summed E-state index contributed by atoms with van der Waals surface area (Å²) in [6.07, 6.45) is 5.54. The SMILES string of the molecule is Fc1cc(-c2ccc(OCCCCC3OCCO3)cc2)ccc1-c1ccc(OCCCCC2OCCO2)cc1. The van der Waals surface area contributed by atoms with Crippen molar-refractivity contribution in [3.05, 3.63) is 72.5 Å². The molecule has 0 unspecified atom stereocenters. The summed E-state index contributed by atoms with van der Waals surface area (Å²) >= 11 is 0. The molecular weight excluding hydrogens is 499 g/mol. The van der Waals surface area contributed by atoms with Gasteiger partial charge in [0.25, 0.3) is 0 Å². The van der Waals surface area contributed by atoms with E-state index in [1.807, 2.05) is 60.7 Å². The maximum absolute atomic E-state index is 15.1. The number of halogens is 1. The highest BCUT2D eigenvalue weighted by Crippen LogP contribution is 2.30. The summed E-state index contributed by atoms with van der Waals surface area (Å²) in [7, 11) is 0. The lowest BCUT2D eigenvalue weighted by Crippen LogP contribution is -2.08. The molecule has 2 heterocycles. The van der Waals surface area contributed by atoms with Crippen molar-refractivity contribution >= 4 is 0 Å². The molecule has 3 aromatic rings. The van der Waals surface area contributed by atoms with Crippen LogP contribution in [0.2, 0.25) is 0 Å². The maximum Gasteiger partial charge on any atom is 0.157 e. The van der Waals surface area contributed by atoms with Gasteiger partial charge in [-0.3, -0.25) is 0 Å². The molecule has 208 valence electrons. The van der Waals surface area contributed by atoms with Gasteiger partial charge < -0.3 is 28.4 Å². The van der Waals surface area contributed by atoms with Crippen molar-refractivity contribution in [1.82, 2.24) is 0 Å². The van der Waals surface area contributed by atoms with Crippen molar-refractivity contribution in [2.75, 3.05) is 39.6 Å². The third-order valence-electron chi connectivity index (χ3n) is 6.91. The van der Waals surface area contributed by atoms with Gasteiger partial charge in [0.05, 0.1) is 39.6 Å². The van der Waals surface area contributed by atoms with E-state index in [1.54, 1.807) is 6.07 Å². The van der Waals surface area contributed by atoms with Crippen LogP contribution < -0.4 is 9.47 Å². The van der Waals surface area contributed by atoms with Crippen LogP contribution in [0.15, 0.2) is 66.7 Å². The van der Waals surface area contributed by atoms with E-state index >= 15 is 4.39 Å². The molecule has 6 nitrogen and oxygen atoms in total. The van der Waals surface area contributed by atoms with Gasteiger partial charge in [0.1, 0.15) is 17.3 Å². The van der Waals surface area contributed by atoms with E-state index in [0.29, 0.717) is 45.2 Å². The van der Waals surface area contributed by atoms with Crippen LogP contribution in [0.4, 0.5) is 4.39 Å². The van der Waals surface area contributed by atoms with Gasteiger partial charge in [-0.05, 0) is 85.5 Å². The summed E-state index contributed by atoms with van der Waals surface area (Å²) in [6, 6.07) is 20.7. The second-order valence-corrected chi connectivity index (χ2v) is 9.77. The zero-order chi connectivity index (χ0) is 26.7. The molecule has 0 aromatic heterocycles. The molecule has 0 spiro atoms. The molecule has 5 rings (SSSR count). The van der Waals surface area contributed by atoms with Gasteiger partial charge in [0, 0.05) is 5.56 Å². The lowest BCUT2D eigenvalue weighted by molar-refractivity contribution is -0.0485. The van der Waals surface area contributed by atoms with E-state index in [9.17, 15) is 0 Å². The van der Waals surface area contributed by atoms with Crippen molar-refractivity contribution in [2.45, 2.75) is 51.1 Å². The molecule has 2 saturated heterocycles. The van der Waals surface area contributed by atoms with Gasteiger partial charge in [-0.15, -0.1) is 0 Å². The zero-order valence-corrected chi connectivity index (χ0v) is 22.3. The molecule has 39 heavy (non-hydrogen) atoms. The van der Waals surface area contributed by atoms with Crippen LogP contribution in [0.25, 0.3) is 22.3 Å². The number of hydrogen-bond donors (Lipinski definition) is 0. The first-order valence-corrected chi connectivity index (χ1v) is 14.0. The predicted molar refractivity (Wildman–Crippen MR) is 147 cm³/mol. The van der Waals surface area contributed by atoms with Crippen LogP contribution in [0.3, 0.4) is 0 Å². The molecule has 0 atom stereocenters. The van der Waals surface area contributed by atoms with Crippen molar-refractivity contribution in [3.63, 3.8) is 0 Å². The minimum atomic E-state index is -0.256. The Kier molecular flexibility index (Phi) is 10.2. The molecule has 0 amide bonds. The van der Waals surface area contributed by atoms with Gasteiger partial charge in [-0.1, -0.05) is 36.4 Å². The van der Waals surface area contributed by atoms with E-state index in [-0.39, 0.29) is 18.4 Å². The average Bonchev–Trinajstić information content (AvgIpc) is 3.68. The Hall–Kier alpha value is -2.97. The number of hydrogen-bond acceptors (Lipinski definition) is 6. The Morgan fingerprint density at radius 2 is 1.03 bits per heavy atom. The molecule has 0 N–H and O–H groups in total. The van der Waals surface area contributed by atoms with Gasteiger partial charge in [-0.2, -0.15) is 0 Å². The monoisotopic (exact) mass is 536 g/mol. The molecule has 2 fully saturated rings. The molecule has 0 radical (unpaired) electrons. The van der Waals surface area contributed by atoms with Crippen molar-refractivity contribution in [3.8, 4) is 33.8 Å². The topological polar surface area (TPSA) is 55.4 Å². The summed E-state index contributed by atoms with van der Waals surface area (Å²) in [5.41, 5.74) is 3.15. The number of ether oxygens (including phenoxy) is 6. The first-order chi connectivity index (χ1) is 19.2. The second kappa shape index (κ2) is 14.4. The van der Waals surface area contributed by atoms with Gasteiger partial charge in [0.2, 0.25) is 0 Å². The fourth-order valence-electron chi connectivity index (χ4n) is 4.76. The predicted octanol–water partition coefficient (Wildman–Crippen LogP) is 7.00. The lowest BCUT2D eigenvalue weighted by Gasteiger charge is -2.11. The van der Waals surface area contributed by atoms with E-state index in [0.717, 1.165) is 66.7 Å². The van der Waals surface area contributed by atoms with Crippen LogP contribution in [-0.2, 0) is 18.9 Å². The fraction of sp³-hybridized carbons (Fsp3) is 0.438. The highest BCUT2D eigenvalue weighted by Gasteiger charge is 2.16. The fourth-order valence-corrected chi connectivity index (χ4v) is 4.76. The van der Waals surface area contributed by atoms with E-state index in [2.05, 4.69) is 0 Å². The summed E-state index contributed by atoms with van der Waals surface area (Å²) < 4.78 is 48.6. The van der Waals surface area contributed by atoms with Crippen LogP contribution in [0.1, 0.15) is 38.5 Å². The first kappa shape index (κ1) is 27.6. The summed E-state index contributed by atoms with van der Waals surface area (Å²) in [5.74, 6) is 1.33. The summed E-state index contributed by atoms with van der Waals surface area (Å²) in [5, 5.41) is 0. The number of benzene rings is 3. The van der Waals surface area contributed by atoms with Gasteiger partial charge in [0.15, 0.2) is 12.6 Å². The van der Waals surface area contributed by atoms with Gasteiger partial charge >= 0.3 is 0 Å². The highest BCUT2D eigenvalue weighted by atomic mass is 19.1. The van der Waals surface area contributed by atoms with E-state index in [1.165, 1.54) is 0 Å². The Morgan fingerprint density at radius 1 is 0.564 bits per heavy atom. The van der Waals surface area contributed by atoms with E-state index in [4.69, 9.17) is 28.4 Å². The van der Waals surface area contributed by atoms with Gasteiger partial charge in [-0.25, -0.2) is 4.39 Å². The van der Waals surface area contributed by atoms with Crippen LogP contribution >= 0.6 is 0 Å². The van der Waals surface area contributed by atoms with Crippen molar-refractivity contribution in [1.29, 1.82) is 0 Å². The zero-order valence-electron chi connectivity index (χ0n) is 22.3. The Balaban J connectivity index is 1.06. The smallest absolute Gasteiger partial charge is 0.157 e. The largest absolute Gasteiger partial charge is 0.494 e. The summed E-state index contributed by atoms with van der Waals surface area (Å²) in [6.45, 7) is 4.03. The summed E-state index contributed by atoms with van der Waals surface area (Å²) in [4.78, 5) is 0. The van der Waals surface area contributed by atoms with Crippen LogP contribution in [-0.4, -0.2) is 52.2 Å². The number of unbranched alkanes of at least 4 members (excludes halogenated alkanes) is 2. The minimum absolute atomic E-state index is 0.0528. The molecule has 2 aliphatic rings. The quantitative estimate of drug-likeness (QED) is 0.207. The van der Waals surface area contributed by atoms with Crippen molar-refractivity contribution < 1.29 is 32.8 Å².